The zero-order valence-corrected chi connectivity index (χ0v) is 18.7. The third-order valence-corrected chi connectivity index (χ3v) is 5.71. The second-order valence-electron chi connectivity index (χ2n) is 8.23. The summed E-state index contributed by atoms with van der Waals surface area (Å²) in [5, 5.41) is 12.8. The molecular weight excluding hydrogens is 418 g/mol. The monoisotopic (exact) mass is 445 g/mol. The van der Waals surface area contributed by atoms with Crippen molar-refractivity contribution in [2.24, 2.45) is 0 Å². The first-order valence-electron chi connectivity index (χ1n) is 10.4. The minimum atomic E-state index is -1.05. The van der Waals surface area contributed by atoms with Crippen molar-refractivity contribution in [3.63, 3.8) is 0 Å². The van der Waals surface area contributed by atoms with Crippen LogP contribution in [0, 0.1) is 0 Å². The van der Waals surface area contributed by atoms with Gasteiger partial charge in [-0.1, -0.05) is 36.7 Å². The zero-order chi connectivity index (χ0) is 22.6. The summed E-state index contributed by atoms with van der Waals surface area (Å²) in [6.45, 7) is 5.12. The largest absolute Gasteiger partial charge is 0.482 e. The van der Waals surface area contributed by atoms with Crippen LogP contribution in [-0.2, 0) is 20.7 Å². The molecule has 1 saturated heterocycles. The Morgan fingerprint density at radius 2 is 1.97 bits per heavy atom. The highest BCUT2D eigenvalue weighted by Crippen LogP contribution is 2.46. The average Bonchev–Trinajstić information content (AvgIpc) is 2.70. The van der Waals surface area contributed by atoms with Gasteiger partial charge in [-0.25, -0.2) is 4.79 Å². The number of carbonyl (C=O) groups excluding carboxylic acids is 1. The molecule has 1 heterocycles. The molecule has 166 valence electrons. The topological polar surface area (TPSA) is 84.9 Å². The lowest BCUT2D eigenvalue weighted by Gasteiger charge is -2.43. The molecule has 0 spiro atoms. The minimum absolute atomic E-state index is 0.113. The molecule has 1 aliphatic heterocycles. The van der Waals surface area contributed by atoms with Crippen LogP contribution in [0.2, 0.25) is 5.02 Å². The Hall–Kier alpha value is -2.57. The summed E-state index contributed by atoms with van der Waals surface area (Å²) in [4.78, 5) is 23.0. The molecular formula is C24H28ClNO5. The molecule has 6 nitrogen and oxygen atoms in total. The maximum atomic E-state index is 11.9. The van der Waals surface area contributed by atoms with Crippen molar-refractivity contribution < 1.29 is 24.2 Å². The number of aliphatic carboxylic acids is 1. The molecule has 3 atom stereocenters. The van der Waals surface area contributed by atoms with Crippen molar-refractivity contribution >= 4 is 23.5 Å². The van der Waals surface area contributed by atoms with E-state index in [-0.39, 0.29) is 12.0 Å². The highest BCUT2D eigenvalue weighted by molar-refractivity contribution is 6.30. The zero-order valence-electron chi connectivity index (χ0n) is 18.0. The molecule has 2 aromatic carbocycles. The summed E-state index contributed by atoms with van der Waals surface area (Å²) >= 11 is 6.21. The summed E-state index contributed by atoms with van der Waals surface area (Å²) in [5.41, 5.74) is 2.28. The van der Waals surface area contributed by atoms with Gasteiger partial charge in [0.15, 0.2) is 6.61 Å². The number of carbonyl (C=O) groups is 2. The normalized spacial score (nSPS) is 23.2. The summed E-state index contributed by atoms with van der Waals surface area (Å²) in [6.07, 6.45) is 1.24. The van der Waals surface area contributed by atoms with Gasteiger partial charge in [0.1, 0.15) is 5.75 Å². The lowest BCUT2D eigenvalue weighted by atomic mass is 9.81. The van der Waals surface area contributed by atoms with Crippen molar-refractivity contribution in [3.8, 4) is 5.75 Å². The Bertz CT molecular complexity index is 963. The number of carboxylic acid groups (broad SMARTS) is 1. The molecule has 3 rings (SSSR count). The number of halogens is 1. The average molecular weight is 446 g/mol. The Morgan fingerprint density at radius 3 is 2.61 bits per heavy atom. The molecule has 1 amide bonds. The smallest absolute Gasteiger partial charge is 0.341 e. The van der Waals surface area contributed by atoms with Gasteiger partial charge in [-0.05, 0) is 48.7 Å². The first-order chi connectivity index (χ1) is 14.7. The maximum Gasteiger partial charge on any atom is 0.341 e. The van der Waals surface area contributed by atoms with Crippen LogP contribution in [0.5, 0.6) is 5.75 Å². The molecule has 0 radical (unpaired) electrons. The van der Waals surface area contributed by atoms with Crippen LogP contribution in [0.15, 0.2) is 42.5 Å². The number of amides is 1. The van der Waals surface area contributed by atoms with Gasteiger partial charge < -0.3 is 19.9 Å². The Balaban J connectivity index is 2.01. The van der Waals surface area contributed by atoms with Gasteiger partial charge in [-0.15, -0.1) is 0 Å². The number of carboxylic acids is 1. The van der Waals surface area contributed by atoms with E-state index in [0.29, 0.717) is 23.6 Å². The van der Waals surface area contributed by atoms with Crippen LogP contribution in [0.25, 0.3) is 0 Å². The Labute approximate surface area is 187 Å². The van der Waals surface area contributed by atoms with Gasteiger partial charge in [0, 0.05) is 35.9 Å². The molecule has 1 fully saturated rings. The van der Waals surface area contributed by atoms with Crippen LogP contribution in [0.1, 0.15) is 62.5 Å². The minimum Gasteiger partial charge on any atom is -0.482 e. The molecule has 7 heteroatoms. The van der Waals surface area contributed by atoms with Crippen LogP contribution in [-0.4, -0.2) is 29.1 Å². The van der Waals surface area contributed by atoms with Crippen molar-refractivity contribution in [2.75, 3.05) is 6.61 Å². The van der Waals surface area contributed by atoms with E-state index in [1.165, 1.54) is 6.92 Å². The fourth-order valence-corrected chi connectivity index (χ4v) is 4.35. The molecule has 0 bridgehead atoms. The number of benzene rings is 2. The standard InChI is InChI=1S/C24H28ClNO5/c1-4-16-8-9-20(30-14-23(28)29)19(10-16)22-13-24(3,26-15(2)27)12-21(31-22)17-6-5-7-18(25)11-17/h5-11,21-22H,4,12-14H2,1-3H3,(H,26,27)(H,28,29)/t21-,22+,24-/m0/s1. The number of aryl methyl sites for hydroxylation is 1. The first kappa shape index (κ1) is 23.1. The van der Waals surface area contributed by atoms with E-state index in [1.54, 1.807) is 12.1 Å². The molecule has 0 aromatic heterocycles. The van der Waals surface area contributed by atoms with E-state index >= 15 is 0 Å². The van der Waals surface area contributed by atoms with Crippen molar-refractivity contribution in [3.05, 3.63) is 64.2 Å². The van der Waals surface area contributed by atoms with E-state index in [4.69, 9.17) is 26.2 Å². The van der Waals surface area contributed by atoms with Gasteiger partial charge in [0.25, 0.3) is 0 Å². The molecule has 0 saturated carbocycles. The second-order valence-corrected chi connectivity index (χ2v) is 8.66. The van der Waals surface area contributed by atoms with Gasteiger partial charge >= 0.3 is 5.97 Å². The van der Waals surface area contributed by atoms with Crippen molar-refractivity contribution in [1.29, 1.82) is 0 Å². The second kappa shape index (κ2) is 9.71. The maximum absolute atomic E-state index is 11.9. The summed E-state index contributed by atoms with van der Waals surface area (Å²) in [5.74, 6) is -0.686. The predicted molar refractivity (Wildman–Crippen MR) is 118 cm³/mol. The van der Waals surface area contributed by atoms with E-state index in [1.807, 2.05) is 37.3 Å². The van der Waals surface area contributed by atoms with E-state index in [9.17, 15) is 9.59 Å². The predicted octanol–water partition coefficient (Wildman–Crippen LogP) is 4.85. The lowest BCUT2D eigenvalue weighted by molar-refractivity contribution is -0.139. The fraction of sp³-hybridized carbons (Fsp3) is 0.417. The van der Waals surface area contributed by atoms with Gasteiger partial charge in [0.05, 0.1) is 12.2 Å². The molecule has 0 unspecified atom stereocenters. The van der Waals surface area contributed by atoms with Crippen LogP contribution in [0.4, 0.5) is 0 Å². The van der Waals surface area contributed by atoms with Crippen molar-refractivity contribution in [2.45, 2.75) is 57.8 Å². The third kappa shape index (κ3) is 5.99. The number of ether oxygens (including phenoxy) is 2. The number of hydrogen-bond donors (Lipinski definition) is 2. The van der Waals surface area contributed by atoms with Crippen LogP contribution in [0.3, 0.4) is 0 Å². The molecule has 2 N–H and O–H groups in total. The molecule has 0 aliphatic carbocycles. The quantitative estimate of drug-likeness (QED) is 0.636. The van der Waals surface area contributed by atoms with Crippen LogP contribution >= 0.6 is 11.6 Å². The fourth-order valence-electron chi connectivity index (χ4n) is 4.15. The van der Waals surface area contributed by atoms with E-state index in [2.05, 4.69) is 12.2 Å². The highest BCUT2D eigenvalue weighted by atomic mass is 35.5. The van der Waals surface area contributed by atoms with Gasteiger partial charge in [0.2, 0.25) is 5.91 Å². The molecule has 2 aromatic rings. The highest BCUT2D eigenvalue weighted by Gasteiger charge is 2.40. The Morgan fingerprint density at radius 1 is 1.23 bits per heavy atom. The van der Waals surface area contributed by atoms with Crippen LogP contribution < -0.4 is 10.1 Å². The third-order valence-electron chi connectivity index (χ3n) is 5.48. The van der Waals surface area contributed by atoms with Crippen molar-refractivity contribution in [1.82, 2.24) is 5.32 Å². The summed E-state index contributed by atoms with van der Waals surface area (Å²) in [7, 11) is 0. The first-order valence-corrected chi connectivity index (χ1v) is 10.7. The SMILES string of the molecule is CCc1ccc(OCC(=O)O)c([C@H]2C[C@@](C)(NC(C)=O)C[C@@H](c3cccc(Cl)c3)O2)c1. The Kier molecular flexibility index (Phi) is 7.23. The van der Waals surface area contributed by atoms with E-state index in [0.717, 1.165) is 23.1 Å². The molecule has 31 heavy (non-hydrogen) atoms. The number of hydrogen-bond acceptors (Lipinski definition) is 4. The number of rotatable bonds is 7. The summed E-state index contributed by atoms with van der Waals surface area (Å²) < 4.78 is 12.1. The van der Waals surface area contributed by atoms with Gasteiger partial charge in [-0.2, -0.15) is 0 Å². The summed E-state index contributed by atoms with van der Waals surface area (Å²) in [6, 6.07) is 13.2. The van der Waals surface area contributed by atoms with E-state index < -0.39 is 24.2 Å². The lowest BCUT2D eigenvalue weighted by Crippen LogP contribution is -2.50. The molecule has 1 aliphatic rings. The van der Waals surface area contributed by atoms with Gasteiger partial charge in [-0.3, -0.25) is 4.79 Å². The number of nitrogens with one attached hydrogen (secondary N) is 1.